The average Bonchev–Trinajstić information content (AvgIpc) is 3.70. The van der Waals surface area contributed by atoms with E-state index >= 15 is 0 Å². The smallest absolute Gasteiger partial charge is 0.265 e. The molecule has 3 aliphatic heterocycles. The lowest BCUT2D eigenvalue weighted by molar-refractivity contribution is -0.121. The fourth-order valence-electron chi connectivity index (χ4n) is 5.76. The van der Waals surface area contributed by atoms with Crippen LogP contribution in [0.3, 0.4) is 0 Å². The van der Waals surface area contributed by atoms with Gasteiger partial charge in [0.2, 0.25) is 5.95 Å². The SMILES string of the molecule is O=C1COc2cc(Nc3ncc(F)c(NC[C@@H]4CCCN5CCCC[C@H]45)n3)ccc2N1CC1CC1. The van der Waals surface area contributed by atoms with Gasteiger partial charge in [0.25, 0.3) is 5.91 Å². The molecule has 1 aliphatic carbocycles. The minimum Gasteiger partial charge on any atom is -0.481 e. The van der Waals surface area contributed by atoms with Gasteiger partial charge in [-0.25, -0.2) is 9.37 Å². The molecule has 0 unspecified atom stereocenters. The third-order valence-corrected chi connectivity index (χ3v) is 7.80. The van der Waals surface area contributed by atoms with Crippen LogP contribution in [0.25, 0.3) is 0 Å². The second-order valence-electron chi connectivity index (χ2n) is 10.3. The van der Waals surface area contributed by atoms with E-state index in [1.807, 2.05) is 23.1 Å². The number of carbonyl (C=O) groups excluding carboxylic acids is 1. The number of hydrogen-bond acceptors (Lipinski definition) is 7. The molecule has 4 heterocycles. The van der Waals surface area contributed by atoms with Gasteiger partial charge in [0, 0.05) is 30.9 Å². The first-order valence-electron chi connectivity index (χ1n) is 13.0. The minimum absolute atomic E-state index is 0.00277. The van der Waals surface area contributed by atoms with Gasteiger partial charge in [-0.05, 0) is 75.6 Å². The van der Waals surface area contributed by atoms with Crippen molar-refractivity contribution in [2.45, 2.75) is 51.0 Å². The molecule has 1 aromatic carbocycles. The number of nitrogens with one attached hydrogen (secondary N) is 2. The zero-order chi connectivity index (χ0) is 23.8. The van der Waals surface area contributed by atoms with E-state index in [0.717, 1.165) is 17.9 Å². The maximum Gasteiger partial charge on any atom is 0.265 e. The molecule has 1 amide bonds. The highest BCUT2D eigenvalue weighted by atomic mass is 19.1. The van der Waals surface area contributed by atoms with E-state index in [4.69, 9.17) is 4.74 Å². The number of carbonyl (C=O) groups is 1. The van der Waals surface area contributed by atoms with Gasteiger partial charge in [-0.3, -0.25) is 4.79 Å². The first kappa shape index (κ1) is 22.5. The minimum atomic E-state index is -0.449. The number of piperidine rings is 2. The van der Waals surface area contributed by atoms with Crippen molar-refractivity contribution in [1.29, 1.82) is 0 Å². The van der Waals surface area contributed by atoms with E-state index < -0.39 is 5.82 Å². The maximum atomic E-state index is 14.5. The number of rotatable bonds is 7. The predicted molar refractivity (Wildman–Crippen MR) is 133 cm³/mol. The maximum absolute atomic E-state index is 14.5. The fourth-order valence-corrected chi connectivity index (χ4v) is 5.76. The van der Waals surface area contributed by atoms with Gasteiger partial charge in [-0.1, -0.05) is 6.42 Å². The topological polar surface area (TPSA) is 82.6 Å². The van der Waals surface area contributed by atoms with Crippen LogP contribution in [-0.4, -0.2) is 59.6 Å². The molecular formula is C26H33FN6O2. The third kappa shape index (κ3) is 4.91. The summed E-state index contributed by atoms with van der Waals surface area (Å²) in [6, 6.07) is 6.20. The number of ether oxygens (including phenoxy) is 1. The first-order valence-corrected chi connectivity index (χ1v) is 13.0. The van der Waals surface area contributed by atoms with Crippen molar-refractivity contribution < 1.29 is 13.9 Å². The van der Waals surface area contributed by atoms with E-state index in [1.165, 1.54) is 64.2 Å². The van der Waals surface area contributed by atoms with Gasteiger partial charge in [-0.15, -0.1) is 0 Å². The van der Waals surface area contributed by atoms with Gasteiger partial charge in [-0.2, -0.15) is 4.98 Å². The van der Waals surface area contributed by atoms with Gasteiger partial charge >= 0.3 is 0 Å². The summed E-state index contributed by atoms with van der Waals surface area (Å²) in [5.74, 6) is 1.85. The Kier molecular flexibility index (Phi) is 6.18. The number of fused-ring (bicyclic) bond motifs is 2. The summed E-state index contributed by atoms with van der Waals surface area (Å²) in [7, 11) is 0. The van der Waals surface area contributed by atoms with Crippen LogP contribution < -0.4 is 20.3 Å². The second kappa shape index (κ2) is 9.60. The summed E-state index contributed by atoms with van der Waals surface area (Å²) in [5, 5.41) is 6.43. The van der Waals surface area contributed by atoms with Crippen LogP contribution in [0.15, 0.2) is 24.4 Å². The average molecular weight is 481 g/mol. The molecule has 2 N–H and O–H groups in total. The Labute approximate surface area is 205 Å². The van der Waals surface area contributed by atoms with Gasteiger partial charge < -0.3 is 25.2 Å². The zero-order valence-corrected chi connectivity index (χ0v) is 20.0. The summed E-state index contributed by atoms with van der Waals surface area (Å²) in [5.41, 5.74) is 1.53. The molecule has 3 fully saturated rings. The summed E-state index contributed by atoms with van der Waals surface area (Å²) in [4.78, 5) is 25.3. The van der Waals surface area contributed by atoms with Gasteiger partial charge in [0.05, 0.1) is 11.9 Å². The molecule has 2 saturated heterocycles. The fraction of sp³-hybridized carbons (Fsp3) is 0.577. The lowest BCUT2D eigenvalue weighted by Crippen LogP contribution is -2.49. The van der Waals surface area contributed by atoms with E-state index in [2.05, 4.69) is 25.5 Å². The van der Waals surface area contributed by atoms with Crippen molar-refractivity contribution in [3.63, 3.8) is 0 Å². The molecule has 9 heteroatoms. The summed E-state index contributed by atoms with van der Waals surface area (Å²) in [6.45, 7) is 3.88. The zero-order valence-electron chi connectivity index (χ0n) is 20.0. The molecule has 8 nitrogen and oxygen atoms in total. The number of benzene rings is 1. The standard InChI is InChI=1S/C26H33FN6O2/c27-20-14-29-26(31-25(20)28-13-18-4-3-11-32-10-2-1-5-21(18)32)30-19-8-9-22-23(12-19)35-16-24(34)33(22)15-17-6-7-17/h8-9,12,14,17-18,21H,1-7,10-11,13,15-16H2,(H2,28,29,30,31)/t18-,21+/m0/s1. The van der Waals surface area contributed by atoms with Gasteiger partial charge in [0.1, 0.15) is 5.75 Å². The van der Waals surface area contributed by atoms with Crippen molar-refractivity contribution in [1.82, 2.24) is 14.9 Å². The van der Waals surface area contributed by atoms with Crippen LogP contribution in [0.4, 0.5) is 27.5 Å². The van der Waals surface area contributed by atoms with Crippen molar-refractivity contribution in [3.8, 4) is 5.75 Å². The van der Waals surface area contributed by atoms with Crippen LogP contribution in [0.2, 0.25) is 0 Å². The van der Waals surface area contributed by atoms with E-state index in [9.17, 15) is 9.18 Å². The molecule has 4 aliphatic rings. The third-order valence-electron chi connectivity index (χ3n) is 7.80. The number of anilines is 4. The Bertz CT molecular complexity index is 1090. The van der Waals surface area contributed by atoms with Crippen LogP contribution >= 0.6 is 0 Å². The molecular weight excluding hydrogens is 447 g/mol. The number of hydrogen-bond donors (Lipinski definition) is 2. The highest BCUT2D eigenvalue weighted by Gasteiger charge is 2.33. The van der Waals surface area contributed by atoms with Crippen molar-refractivity contribution in [3.05, 3.63) is 30.2 Å². The molecule has 1 saturated carbocycles. The van der Waals surface area contributed by atoms with Crippen LogP contribution in [-0.2, 0) is 4.79 Å². The summed E-state index contributed by atoms with van der Waals surface area (Å²) < 4.78 is 20.2. The largest absolute Gasteiger partial charge is 0.481 e. The van der Waals surface area contributed by atoms with Crippen molar-refractivity contribution in [2.75, 3.05) is 48.3 Å². The van der Waals surface area contributed by atoms with Crippen molar-refractivity contribution in [2.24, 2.45) is 11.8 Å². The van der Waals surface area contributed by atoms with E-state index in [-0.39, 0.29) is 18.3 Å². The lowest BCUT2D eigenvalue weighted by atomic mass is 9.83. The number of aromatic nitrogens is 2. The molecule has 2 aromatic rings. The Hall–Kier alpha value is -2.94. The molecule has 6 rings (SSSR count). The summed E-state index contributed by atoms with van der Waals surface area (Å²) in [6.07, 6.45) is 9.73. The Morgan fingerprint density at radius 1 is 1.11 bits per heavy atom. The molecule has 2 atom stereocenters. The van der Waals surface area contributed by atoms with Crippen LogP contribution in [0.1, 0.15) is 44.9 Å². The highest BCUT2D eigenvalue weighted by molar-refractivity contribution is 5.98. The molecule has 0 radical (unpaired) electrons. The normalized spacial score (nSPS) is 24.4. The van der Waals surface area contributed by atoms with E-state index in [1.54, 1.807) is 0 Å². The number of amides is 1. The quantitative estimate of drug-likeness (QED) is 0.615. The Balaban J connectivity index is 1.13. The molecule has 0 spiro atoms. The van der Waals surface area contributed by atoms with E-state index in [0.29, 0.717) is 36.1 Å². The molecule has 35 heavy (non-hydrogen) atoms. The van der Waals surface area contributed by atoms with Crippen molar-refractivity contribution >= 4 is 29.0 Å². The second-order valence-corrected chi connectivity index (χ2v) is 10.3. The Morgan fingerprint density at radius 3 is 2.89 bits per heavy atom. The van der Waals surface area contributed by atoms with Crippen LogP contribution in [0, 0.1) is 17.7 Å². The Morgan fingerprint density at radius 2 is 2.00 bits per heavy atom. The highest BCUT2D eigenvalue weighted by Crippen LogP contribution is 2.39. The molecule has 186 valence electrons. The number of nitrogens with zero attached hydrogens (tertiary/aromatic N) is 4. The number of halogens is 1. The first-order chi connectivity index (χ1) is 17.1. The lowest BCUT2D eigenvalue weighted by Gasteiger charge is -2.44. The van der Waals surface area contributed by atoms with Crippen LogP contribution in [0.5, 0.6) is 5.75 Å². The van der Waals surface area contributed by atoms with Gasteiger partial charge in [0.15, 0.2) is 18.2 Å². The summed E-state index contributed by atoms with van der Waals surface area (Å²) >= 11 is 0. The molecule has 0 bridgehead atoms. The predicted octanol–water partition coefficient (Wildman–Crippen LogP) is 4.17. The monoisotopic (exact) mass is 480 g/mol. The molecule has 1 aromatic heterocycles.